The summed E-state index contributed by atoms with van der Waals surface area (Å²) in [5.74, 6) is 0. The molecule has 21 heavy (non-hydrogen) atoms. The van der Waals surface area contributed by atoms with E-state index in [2.05, 4.69) is 10.3 Å². The summed E-state index contributed by atoms with van der Waals surface area (Å²) in [7, 11) is 1.76. The quantitative estimate of drug-likeness (QED) is 0.696. The normalized spacial score (nSPS) is 12.0. The lowest BCUT2D eigenvalue weighted by Crippen LogP contribution is -2.24. The van der Waals surface area contributed by atoms with Crippen LogP contribution in [0.2, 0.25) is 5.28 Å². The van der Waals surface area contributed by atoms with Gasteiger partial charge in [0.15, 0.2) is 0 Å². The highest BCUT2D eigenvalue weighted by Crippen LogP contribution is 2.30. The van der Waals surface area contributed by atoms with E-state index < -0.39 is 17.3 Å². The molecule has 114 valence electrons. The first kappa shape index (κ1) is 15.8. The summed E-state index contributed by atoms with van der Waals surface area (Å²) >= 11 is 5.93. The van der Waals surface area contributed by atoms with Crippen molar-refractivity contribution >= 4 is 22.5 Å². The summed E-state index contributed by atoms with van der Waals surface area (Å²) in [5, 5.41) is 2.81. The molecular formula is C13H13ClF3N3O. The second-order valence-electron chi connectivity index (χ2n) is 4.52. The van der Waals surface area contributed by atoms with E-state index in [0.29, 0.717) is 13.0 Å². The molecule has 0 aliphatic rings. The molecule has 0 aliphatic heterocycles. The fourth-order valence-corrected chi connectivity index (χ4v) is 2.23. The van der Waals surface area contributed by atoms with Gasteiger partial charge >= 0.3 is 6.18 Å². The van der Waals surface area contributed by atoms with Crippen molar-refractivity contribution < 1.29 is 13.2 Å². The Morgan fingerprint density at radius 3 is 2.71 bits per heavy atom. The highest BCUT2D eigenvalue weighted by Gasteiger charge is 2.31. The minimum atomic E-state index is -4.50. The van der Waals surface area contributed by atoms with Gasteiger partial charge in [-0.3, -0.25) is 9.36 Å². The molecule has 0 spiro atoms. The van der Waals surface area contributed by atoms with Crippen LogP contribution in [0, 0.1) is 0 Å². The summed E-state index contributed by atoms with van der Waals surface area (Å²) in [6.07, 6.45) is -3.89. The zero-order chi connectivity index (χ0) is 15.6. The van der Waals surface area contributed by atoms with E-state index in [0.717, 1.165) is 18.2 Å². The number of rotatable bonds is 4. The van der Waals surface area contributed by atoms with Crippen LogP contribution in [0.5, 0.6) is 0 Å². The average Bonchev–Trinajstić information content (AvgIpc) is 2.41. The number of hydrogen-bond acceptors (Lipinski definition) is 3. The Morgan fingerprint density at radius 1 is 1.38 bits per heavy atom. The van der Waals surface area contributed by atoms with Gasteiger partial charge in [-0.1, -0.05) is 0 Å². The van der Waals surface area contributed by atoms with Gasteiger partial charge < -0.3 is 5.32 Å². The number of nitrogens with one attached hydrogen (secondary N) is 1. The van der Waals surface area contributed by atoms with E-state index in [4.69, 9.17) is 11.6 Å². The number of benzene rings is 1. The van der Waals surface area contributed by atoms with Crippen LogP contribution in [0.15, 0.2) is 23.0 Å². The average molecular weight is 320 g/mol. The summed E-state index contributed by atoms with van der Waals surface area (Å²) in [6, 6.07) is 2.86. The molecular weight excluding hydrogens is 307 g/mol. The van der Waals surface area contributed by atoms with Gasteiger partial charge in [-0.05, 0) is 49.8 Å². The number of alkyl halides is 3. The molecule has 0 radical (unpaired) electrons. The van der Waals surface area contributed by atoms with E-state index in [1.807, 2.05) is 0 Å². The lowest BCUT2D eigenvalue weighted by molar-refractivity contribution is -0.137. The Hall–Kier alpha value is -1.60. The highest BCUT2D eigenvalue weighted by atomic mass is 35.5. The molecule has 0 amide bonds. The predicted octanol–water partition coefficient (Wildman–Crippen LogP) is 2.68. The second kappa shape index (κ2) is 6.03. The maximum atomic E-state index is 12.7. The molecule has 4 nitrogen and oxygen atoms in total. The molecule has 8 heteroatoms. The molecule has 2 rings (SSSR count). The van der Waals surface area contributed by atoms with Crippen LogP contribution < -0.4 is 10.9 Å². The predicted molar refractivity (Wildman–Crippen MR) is 74.6 cm³/mol. The molecule has 0 saturated heterocycles. The largest absolute Gasteiger partial charge is 0.416 e. The summed E-state index contributed by atoms with van der Waals surface area (Å²) in [4.78, 5) is 16.3. The lowest BCUT2D eigenvalue weighted by Gasteiger charge is -2.11. The zero-order valence-electron chi connectivity index (χ0n) is 11.2. The maximum Gasteiger partial charge on any atom is 0.416 e. The number of aromatic nitrogens is 2. The van der Waals surface area contributed by atoms with E-state index in [1.165, 1.54) is 4.57 Å². The van der Waals surface area contributed by atoms with Gasteiger partial charge in [0.2, 0.25) is 5.28 Å². The first-order valence-corrected chi connectivity index (χ1v) is 6.64. The van der Waals surface area contributed by atoms with Crippen molar-refractivity contribution in [1.82, 2.24) is 14.9 Å². The van der Waals surface area contributed by atoms with Crippen molar-refractivity contribution in [1.29, 1.82) is 0 Å². The molecule has 1 heterocycles. The van der Waals surface area contributed by atoms with Crippen LogP contribution >= 0.6 is 11.6 Å². The first-order valence-electron chi connectivity index (χ1n) is 6.26. The minimum Gasteiger partial charge on any atom is -0.320 e. The fraction of sp³-hybridized carbons (Fsp3) is 0.385. The van der Waals surface area contributed by atoms with Crippen LogP contribution in [0.25, 0.3) is 10.9 Å². The van der Waals surface area contributed by atoms with Crippen molar-refractivity contribution in [2.24, 2.45) is 0 Å². The van der Waals surface area contributed by atoms with E-state index in [-0.39, 0.29) is 22.7 Å². The van der Waals surface area contributed by atoms with Crippen LogP contribution in [-0.2, 0) is 12.7 Å². The minimum absolute atomic E-state index is 0.0247. The van der Waals surface area contributed by atoms with Crippen LogP contribution in [-0.4, -0.2) is 23.1 Å². The van der Waals surface area contributed by atoms with E-state index in [9.17, 15) is 18.0 Å². The van der Waals surface area contributed by atoms with Gasteiger partial charge in [0.05, 0.1) is 16.5 Å². The Morgan fingerprint density at radius 2 is 2.10 bits per heavy atom. The van der Waals surface area contributed by atoms with Crippen LogP contribution in [0.4, 0.5) is 13.2 Å². The SMILES string of the molecule is CNCCCn1c(Cl)nc2ccc(C(F)(F)F)cc2c1=O. The number of halogens is 4. The molecule has 2 aromatic rings. The van der Waals surface area contributed by atoms with Crippen molar-refractivity contribution in [3.8, 4) is 0 Å². The van der Waals surface area contributed by atoms with Crippen molar-refractivity contribution in [3.63, 3.8) is 0 Å². The molecule has 1 aromatic heterocycles. The smallest absolute Gasteiger partial charge is 0.320 e. The standard InChI is InChI=1S/C13H13ClF3N3O/c1-18-5-2-6-20-11(21)9-7-8(13(15,16)17)3-4-10(9)19-12(20)14/h3-4,7,18H,2,5-6H2,1H3. The fourth-order valence-electron chi connectivity index (χ4n) is 1.98. The molecule has 1 N–H and O–H groups in total. The molecule has 1 aromatic carbocycles. The van der Waals surface area contributed by atoms with Crippen molar-refractivity contribution in [3.05, 3.63) is 39.4 Å². The molecule has 0 fully saturated rings. The monoisotopic (exact) mass is 319 g/mol. The number of hydrogen-bond donors (Lipinski definition) is 1. The van der Waals surface area contributed by atoms with Gasteiger partial charge in [-0.25, -0.2) is 4.98 Å². The number of nitrogens with zero attached hydrogens (tertiary/aromatic N) is 2. The van der Waals surface area contributed by atoms with Gasteiger partial charge in [0.1, 0.15) is 0 Å². The zero-order valence-corrected chi connectivity index (χ0v) is 11.9. The van der Waals surface area contributed by atoms with Crippen molar-refractivity contribution in [2.45, 2.75) is 19.1 Å². The second-order valence-corrected chi connectivity index (χ2v) is 4.86. The third-order valence-electron chi connectivity index (χ3n) is 3.04. The topological polar surface area (TPSA) is 46.9 Å². The molecule has 0 saturated carbocycles. The summed E-state index contributed by atoms with van der Waals surface area (Å²) in [5.41, 5.74) is -1.28. The van der Waals surface area contributed by atoms with Gasteiger partial charge in [-0.2, -0.15) is 13.2 Å². The third-order valence-corrected chi connectivity index (χ3v) is 3.33. The summed E-state index contributed by atoms with van der Waals surface area (Å²) < 4.78 is 39.3. The Balaban J connectivity index is 2.54. The van der Waals surface area contributed by atoms with Gasteiger partial charge in [0, 0.05) is 6.54 Å². The highest BCUT2D eigenvalue weighted by molar-refractivity contribution is 6.28. The number of fused-ring (bicyclic) bond motifs is 1. The van der Waals surface area contributed by atoms with Gasteiger partial charge in [-0.15, -0.1) is 0 Å². The molecule has 0 atom stereocenters. The van der Waals surface area contributed by atoms with Crippen LogP contribution in [0.3, 0.4) is 0 Å². The molecule has 0 unspecified atom stereocenters. The Bertz CT molecular complexity index is 712. The maximum absolute atomic E-state index is 12.7. The van der Waals surface area contributed by atoms with Crippen LogP contribution in [0.1, 0.15) is 12.0 Å². The Kier molecular flexibility index (Phi) is 4.53. The lowest BCUT2D eigenvalue weighted by atomic mass is 10.1. The molecule has 0 bridgehead atoms. The third kappa shape index (κ3) is 3.36. The Labute approximate surface area is 123 Å². The van der Waals surface area contributed by atoms with Crippen molar-refractivity contribution in [2.75, 3.05) is 13.6 Å². The van der Waals surface area contributed by atoms with E-state index >= 15 is 0 Å². The summed E-state index contributed by atoms with van der Waals surface area (Å²) in [6.45, 7) is 0.946. The van der Waals surface area contributed by atoms with Gasteiger partial charge in [0.25, 0.3) is 5.56 Å². The first-order chi connectivity index (χ1) is 9.84. The molecule has 0 aliphatic carbocycles. The van der Waals surface area contributed by atoms with E-state index in [1.54, 1.807) is 7.05 Å².